The fourth-order valence-corrected chi connectivity index (χ4v) is 2.90. The van der Waals surface area contributed by atoms with Crippen LogP contribution in [0.25, 0.3) is 0 Å². The van der Waals surface area contributed by atoms with Crippen molar-refractivity contribution in [2.75, 3.05) is 0 Å². The Balaban J connectivity index is 2.12. The molecule has 2 rings (SSSR count). The van der Waals surface area contributed by atoms with Crippen LogP contribution in [0.3, 0.4) is 0 Å². The lowest BCUT2D eigenvalue weighted by atomic mass is 10.2. The lowest BCUT2D eigenvalue weighted by molar-refractivity contribution is 0.0934. The lowest BCUT2D eigenvalue weighted by Gasteiger charge is -2.12. The zero-order chi connectivity index (χ0) is 14.7. The summed E-state index contributed by atoms with van der Waals surface area (Å²) in [7, 11) is 0. The molecule has 5 nitrogen and oxygen atoms in total. The third-order valence-corrected chi connectivity index (χ3v) is 3.84. The monoisotopic (exact) mass is 291 g/mol. The van der Waals surface area contributed by atoms with Gasteiger partial charge in [-0.15, -0.1) is 11.3 Å². The molecule has 0 aromatic carbocycles. The molecule has 0 bridgehead atoms. The number of aliphatic hydroxyl groups excluding tert-OH is 1. The minimum Gasteiger partial charge on any atom is -0.392 e. The molecule has 1 unspecified atom stereocenters. The highest BCUT2D eigenvalue weighted by molar-refractivity contribution is 7.11. The Morgan fingerprint density at radius 2 is 2.25 bits per heavy atom. The largest absolute Gasteiger partial charge is 0.392 e. The minimum absolute atomic E-state index is 0.108. The molecule has 1 atom stereocenters. The van der Waals surface area contributed by atoms with Gasteiger partial charge in [-0.2, -0.15) is 0 Å². The highest BCUT2D eigenvalue weighted by Gasteiger charge is 2.17. The molecule has 2 N–H and O–H groups in total. The molecule has 0 aliphatic carbocycles. The van der Waals surface area contributed by atoms with Crippen molar-refractivity contribution < 1.29 is 9.90 Å². The van der Waals surface area contributed by atoms with Crippen LogP contribution in [-0.4, -0.2) is 21.0 Å². The zero-order valence-corrected chi connectivity index (χ0v) is 12.5. The van der Waals surface area contributed by atoms with Gasteiger partial charge in [0.05, 0.1) is 23.4 Å². The summed E-state index contributed by atoms with van der Waals surface area (Å²) in [6.45, 7) is 5.73. The molecule has 2 heterocycles. The molecule has 0 aliphatic heterocycles. The third kappa shape index (κ3) is 3.20. The first-order valence-electron chi connectivity index (χ1n) is 6.32. The molecule has 0 aliphatic rings. The Hall–Kier alpha value is -1.79. The maximum absolute atomic E-state index is 12.1. The van der Waals surface area contributed by atoms with Crippen molar-refractivity contribution in [2.24, 2.45) is 0 Å². The average molecular weight is 291 g/mol. The van der Waals surface area contributed by atoms with Gasteiger partial charge >= 0.3 is 0 Å². The van der Waals surface area contributed by atoms with E-state index in [2.05, 4.69) is 15.3 Å². The smallest absolute Gasteiger partial charge is 0.270 e. The molecule has 1 amide bonds. The van der Waals surface area contributed by atoms with E-state index in [-0.39, 0.29) is 18.6 Å². The molecule has 0 saturated heterocycles. The van der Waals surface area contributed by atoms with Gasteiger partial charge in [0, 0.05) is 11.1 Å². The Kier molecular flexibility index (Phi) is 4.46. The van der Waals surface area contributed by atoms with Crippen molar-refractivity contribution in [1.82, 2.24) is 15.3 Å². The van der Waals surface area contributed by atoms with Crippen LogP contribution in [0.2, 0.25) is 0 Å². The van der Waals surface area contributed by atoms with Crippen LogP contribution in [-0.2, 0) is 6.61 Å². The van der Waals surface area contributed by atoms with Gasteiger partial charge in [-0.25, -0.2) is 4.98 Å². The number of nitrogens with one attached hydrogen (secondary N) is 1. The van der Waals surface area contributed by atoms with E-state index in [0.29, 0.717) is 11.3 Å². The molecule has 0 radical (unpaired) electrons. The Labute approximate surface area is 121 Å². The molecule has 2 aromatic rings. The van der Waals surface area contributed by atoms with E-state index in [1.165, 1.54) is 6.20 Å². The summed E-state index contributed by atoms with van der Waals surface area (Å²) < 4.78 is 0. The summed E-state index contributed by atoms with van der Waals surface area (Å²) in [6.07, 6.45) is 1.52. The number of aryl methyl sites for hydroxylation is 2. The van der Waals surface area contributed by atoms with Crippen LogP contribution >= 0.6 is 11.3 Å². The van der Waals surface area contributed by atoms with Gasteiger partial charge in [-0.3, -0.25) is 9.78 Å². The van der Waals surface area contributed by atoms with E-state index in [4.69, 9.17) is 5.11 Å². The molecule has 2 aromatic heterocycles. The van der Waals surface area contributed by atoms with Crippen molar-refractivity contribution in [3.8, 4) is 0 Å². The SMILES string of the molecule is Cc1nc(C(C)NC(=O)c2cc(CO)ccn2)c(C)s1. The van der Waals surface area contributed by atoms with Crippen molar-refractivity contribution in [3.05, 3.63) is 45.2 Å². The first-order valence-corrected chi connectivity index (χ1v) is 7.13. The lowest BCUT2D eigenvalue weighted by Crippen LogP contribution is -2.28. The third-order valence-electron chi connectivity index (χ3n) is 2.94. The summed E-state index contributed by atoms with van der Waals surface area (Å²) in [5.74, 6) is -0.266. The fourth-order valence-electron chi connectivity index (χ4n) is 1.98. The number of pyridine rings is 1. The predicted octanol–water partition coefficient (Wildman–Crippen LogP) is 2.14. The Morgan fingerprint density at radius 1 is 1.50 bits per heavy atom. The van der Waals surface area contributed by atoms with Gasteiger partial charge in [0.25, 0.3) is 5.91 Å². The van der Waals surface area contributed by atoms with Crippen molar-refractivity contribution in [2.45, 2.75) is 33.4 Å². The van der Waals surface area contributed by atoms with Crippen molar-refractivity contribution in [3.63, 3.8) is 0 Å². The highest BCUT2D eigenvalue weighted by Crippen LogP contribution is 2.22. The number of nitrogens with zero attached hydrogens (tertiary/aromatic N) is 2. The Morgan fingerprint density at radius 3 is 2.85 bits per heavy atom. The maximum atomic E-state index is 12.1. The quantitative estimate of drug-likeness (QED) is 0.905. The number of aromatic nitrogens is 2. The highest BCUT2D eigenvalue weighted by atomic mass is 32.1. The molecule has 106 valence electrons. The predicted molar refractivity (Wildman–Crippen MR) is 77.6 cm³/mol. The number of amides is 1. The van der Waals surface area contributed by atoms with E-state index in [0.717, 1.165) is 15.6 Å². The first kappa shape index (κ1) is 14.6. The average Bonchev–Trinajstić information content (AvgIpc) is 2.77. The zero-order valence-electron chi connectivity index (χ0n) is 11.7. The van der Waals surface area contributed by atoms with E-state index in [1.54, 1.807) is 23.5 Å². The van der Waals surface area contributed by atoms with Gasteiger partial charge < -0.3 is 10.4 Å². The molecule has 0 saturated carbocycles. The maximum Gasteiger partial charge on any atom is 0.270 e. The van der Waals surface area contributed by atoms with E-state index in [1.807, 2.05) is 20.8 Å². The van der Waals surface area contributed by atoms with E-state index in [9.17, 15) is 4.79 Å². The summed E-state index contributed by atoms with van der Waals surface area (Å²) in [4.78, 5) is 21.7. The van der Waals surface area contributed by atoms with Crippen LogP contribution in [0.15, 0.2) is 18.3 Å². The Bertz CT molecular complexity index is 625. The number of hydrogen-bond donors (Lipinski definition) is 2. The number of aliphatic hydroxyl groups is 1. The molecule has 6 heteroatoms. The van der Waals surface area contributed by atoms with Gasteiger partial charge in [-0.1, -0.05) is 0 Å². The van der Waals surface area contributed by atoms with Gasteiger partial charge in [0.2, 0.25) is 0 Å². The number of hydrogen-bond acceptors (Lipinski definition) is 5. The topological polar surface area (TPSA) is 75.1 Å². The summed E-state index contributed by atoms with van der Waals surface area (Å²) in [5, 5.41) is 12.9. The number of carbonyl (C=O) groups is 1. The summed E-state index contributed by atoms with van der Waals surface area (Å²) in [6, 6.07) is 3.09. The van der Waals surface area contributed by atoms with Crippen LogP contribution in [0.4, 0.5) is 0 Å². The standard InChI is InChI=1S/C14H17N3O2S/c1-8(13-9(2)20-10(3)17-13)16-14(19)12-6-11(7-18)4-5-15-12/h4-6,8,18H,7H2,1-3H3,(H,16,19). The molecule has 0 fully saturated rings. The van der Waals surface area contributed by atoms with Gasteiger partial charge in [0.15, 0.2) is 0 Å². The second kappa shape index (κ2) is 6.11. The van der Waals surface area contributed by atoms with E-state index < -0.39 is 0 Å². The fraction of sp³-hybridized carbons (Fsp3) is 0.357. The summed E-state index contributed by atoms with van der Waals surface area (Å²) in [5.41, 5.74) is 1.85. The van der Waals surface area contributed by atoms with Gasteiger partial charge in [0.1, 0.15) is 5.69 Å². The normalized spacial score (nSPS) is 12.2. The number of carbonyl (C=O) groups excluding carboxylic acids is 1. The molecular formula is C14H17N3O2S. The van der Waals surface area contributed by atoms with Crippen LogP contribution in [0.5, 0.6) is 0 Å². The molecule has 20 heavy (non-hydrogen) atoms. The van der Waals surface area contributed by atoms with Crippen molar-refractivity contribution in [1.29, 1.82) is 0 Å². The van der Waals surface area contributed by atoms with Crippen LogP contribution in [0.1, 0.15) is 44.6 Å². The van der Waals surface area contributed by atoms with Crippen LogP contribution < -0.4 is 5.32 Å². The second-order valence-electron chi connectivity index (χ2n) is 4.58. The second-order valence-corrected chi connectivity index (χ2v) is 5.98. The molecular weight excluding hydrogens is 274 g/mol. The summed E-state index contributed by atoms with van der Waals surface area (Å²) >= 11 is 1.62. The van der Waals surface area contributed by atoms with Gasteiger partial charge in [-0.05, 0) is 38.5 Å². The van der Waals surface area contributed by atoms with E-state index >= 15 is 0 Å². The number of thiazole rings is 1. The first-order chi connectivity index (χ1) is 9.51. The van der Waals surface area contributed by atoms with Crippen LogP contribution in [0, 0.1) is 13.8 Å². The number of rotatable bonds is 4. The van der Waals surface area contributed by atoms with Crippen molar-refractivity contribution >= 4 is 17.2 Å². The minimum atomic E-state index is -0.266. The molecule has 0 spiro atoms.